The Labute approximate surface area is 143 Å². The third kappa shape index (κ3) is 2.52. The summed E-state index contributed by atoms with van der Waals surface area (Å²) >= 11 is 7.03. The Morgan fingerprint density at radius 1 is 1.35 bits per heavy atom. The number of fused-ring (bicyclic) bond motifs is 1. The summed E-state index contributed by atoms with van der Waals surface area (Å²) in [5.41, 5.74) is 2.76. The Morgan fingerprint density at radius 3 is 2.70 bits per heavy atom. The minimum absolute atomic E-state index is 0.0572. The normalized spacial score (nSPS) is 11.1. The lowest BCUT2D eigenvalue weighted by Gasteiger charge is -2.11. The second-order valence-corrected chi connectivity index (χ2v) is 7.03. The van der Waals surface area contributed by atoms with Crippen molar-refractivity contribution in [3.63, 3.8) is 0 Å². The summed E-state index contributed by atoms with van der Waals surface area (Å²) < 4.78 is 7.23. The van der Waals surface area contributed by atoms with Crippen molar-refractivity contribution in [1.82, 2.24) is 9.55 Å². The molecule has 0 aliphatic rings. The molecule has 0 radical (unpaired) electrons. The Bertz CT molecular complexity index is 1010. The van der Waals surface area contributed by atoms with Gasteiger partial charge >= 0.3 is 0 Å². The van der Waals surface area contributed by atoms with Gasteiger partial charge in [-0.1, -0.05) is 6.92 Å². The van der Waals surface area contributed by atoms with E-state index in [1.165, 1.54) is 0 Å². The molecule has 6 heteroatoms. The fourth-order valence-corrected chi connectivity index (χ4v) is 4.38. The molecule has 0 unspecified atom stereocenters. The minimum Gasteiger partial charge on any atom is -0.497 e. The van der Waals surface area contributed by atoms with Crippen molar-refractivity contribution in [3.8, 4) is 11.4 Å². The standard InChI is InChI=1S/C17H18N2O2S2/c1-5-12-10(3)23-15-14(12)16(20)19(17(22)18-15)13-7-6-11(21-4)8-9(13)2/h6-8H,5H2,1-4H3,(H,18,22). The molecule has 23 heavy (non-hydrogen) atoms. The van der Waals surface area contributed by atoms with Crippen LogP contribution in [0.15, 0.2) is 23.0 Å². The quantitative estimate of drug-likeness (QED) is 0.719. The Hall–Kier alpha value is -1.92. The molecule has 3 aromatic rings. The van der Waals surface area contributed by atoms with Gasteiger partial charge < -0.3 is 9.72 Å². The van der Waals surface area contributed by atoms with E-state index in [9.17, 15) is 4.79 Å². The lowest BCUT2D eigenvalue weighted by atomic mass is 10.1. The molecule has 1 aromatic carbocycles. The van der Waals surface area contributed by atoms with Crippen LogP contribution in [0.4, 0.5) is 0 Å². The fraction of sp³-hybridized carbons (Fsp3) is 0.294. The van der Waals surface area contributed by atoms with E-state index < -0.39 is 0 Å². The van der Waals surface area contributed by atoms with E-state index in [0.717, 1.165) is 44.1 Å². The van der Waals surface area contributed by atoms with Crippen LogP contribution < -0.4 is 10.3 Å². The zero-order valence-electron chi connectivity index (χ0n) is 13.5. The largest absolute Gasteiger partial charge is 0.497 e. The number of hydrogen-bond donors (Lipinski definition) is 1. The van der Waals surface area contributed by atoms with Crippen LogP contribution in [-0.4, -0.2) is 16.7 Å². The van der Waals surface area contributed by atoms with Crippen molar-refractivity contribution in [2.45, 2.75) is 27.2 Å². The highest BCUT2D eigenvalue weighted by Crippen LogP contribution is 2.28. The minimum atomic E-state index is -0.0572. The first kappa shape index (κ1) is 16.0. The van der Waals surface area contributed by atoms with E-state index in [1.807, 2.05) is 32.0 Å². The molecule has 0 spiro atoms. The molecule has 0 saturated carbocycles. The molecule has 120 valence electrons. The molecule has 3 rings (SSSR count). The van der Waals surface area contributed by atoms with Crippen LogP contribution in [0.5, 0.6) is 5.75 Å². The molecule has 0 aliphatic heterocycles. The highest BCUT2D eigenvalue weighted by molar-refractivity contribution is 7.71. The van der Waals surface area contributed by atoms with Gasteiger partial charge in [0.2, 0.25) is 0 Å². The molecule has 0 saturated heterocycles. The summed E-state index contributed by atoms with van der Waals surface area (Å²) in [6, 6.07) is 5.61. The van der Waals surface area contributed by atoms with E-state index >= 15 is 0 Å². The van der Waals surface area contributed by atoms with Crippen LogP contribution in [0.25, 0.3) is 15.9 Å². The van der Waals surface area contributed by atoms with Crippen molar-refractivity contribution in [1.29, 1.82) is 0 Å². The van der Waals surface area contributed by atoms with Crippen LogP contribution in [-0.2, 0) is 6.42 Å². The molecule has 0 aliphatic carbocycles. The fourth-order valence-electron chi connectivity index (χ4n) is 2.90. The molecule has 0 atom stereocenters. The van der Waals surface area contributed by atoms with Gasteiger partial charge in [0, 0.05) is 4.88 Å². The third-order valence-electron chi connectivity index (χ3n) is 4.05. The first-order chi connectivity index (χ1) is 11.0. The van der Waals surface area contributed by atoms with Crippen molar-refractivity contribution >= 4 is 33.8 Å². The number of aromatic amines is 1. The Balaban J connectivity index is 2.39. The maximum Gasteiger partial charge on any atom is 0.267 e. The second kappa shape index (κ2) is 5.94. The number of hydrogen-bond acceptors (Lipinski definition) is 4. The van der Waals surface area contributed by atoms with Crippen molar-refractivity contribution in [3.05, 3.63) is 49.3 Å². The predicted octanol–water partition coefficient (Wildman–Crippen LogP) is 4.30. The number of aromatic nitrogens is 2. The molecular formula is C17H18N2O2S2. The van der Waals surface area contributed by atoms with Gasteiger partial charge in [0.05, 0.1) is 18.2 Å². The van der Waals surface area contributed by atoms with Crippen molar-refractivity contribution in [2.75, 3.05) is 7.11 Å². The van der Waals surface area contributed by atoms with Gasteiger partial charge in [-0.05, 0) is 61.8 Å². The molecular weight excluding hydrogens is 328 g/mol. The summed E-state index contributed by atoms with van der Waals surface area (Å²) in [5.74, 6) is 0.760. The van der Waals surface area contributed by atoms with Gasteiger partial charge in [-0.15, -0.1) is 11.3 Å². The number of ether oxygens (including phenoxy) is 1. The Kier molecular flexibility index (Phi) is 4.12. The van der Waals surface area contributed by atoms with E-state index in [2.05, 4.69) is 11.9 Å². The number of H-pyrrole nitrogens is 1. The van der Waals surface area contributed by atoms with Crippen LogP contribution in [0.3, 0.4) is 0 Å². The van der Waals surface area contributed by atoms with Crippen molar-refractivity contribution < 1.29 is 4.74 Å². The highest BCUT2D eigenvalue weighted by atomic mass is 32.1. The zero-order valence-corrected chi connectivity index (χ0v) is 15.2. The summed E-state index contributed by atoms with van der Waals surface area (Å²) in [6.45, 7) is 6.06. The monoisotopic (exact) mass is 346 g/mol. The lowest BCUT2D eigenvalue weighted by Crippen LogP contribution is -2.21. The number of aryl methyl sites for hydroxylation is 3. The second-order valence-electron chi connectivity index (χ2n) is 5.42. The van der Waals surface area contributed by atoms with E-state index in [0.29, 0.717) is 4.77 Å². The molecule has 2 heterocycles. The van der Waals surface area contributed by atoms with E-state index in [-0.39, 0.29) is 5.56 Å². The van der Waals surface area contributed by atoms with Crippen LogP contribution >= 0.6 is 23.6 Å². The number of nitrogens with one attached hydrogen (secondary N) is 1. The van der Waals surface area contributed by atoms with Gasteiger partial charge in [0.15, 0.2) is 4.77 Å². The number of rotatable bonds is 3. The van der Waals surface area contributed by atoms with Crippen LogP contribution in [0, 0.1) is 18.6 Å². The van der Waals surface area contributed by atoms with Gasteiger partial charge in [0.1, 0.15) is 10.6 Å². The van der Waals surface area contributed by atoms with Gasteiger partial charge in [-0.3, -0.25) is 9.36 Å². The SMILES string of the molecule is CCc1c(C)sc2[nH]c(=S)n(-c3ccc(OC)cc3C)c(=O)c12. The van der Waals surface area contributed by atoms with Gasteiger partial charge in [-0.25, -0.2) is 0 Å². The maximum absolute atomic E-state index is 13.1. The smallest absolute Gasteiger partial charge is 0.267 e. The van der Waals surface area contributed by atoms with E-state index in [1.54, 1.807) is 23.0 Å². The van der Waals surface area contributed by atoms with Gasteiger partial charge in [0.25, 0.3) is 5.56 Å². The average Bonchev–Trinajstić information content (AvgIpc) is 2.83. The van der Waals surface area contributed by atoms with Crippen molar-refractivity contribution in [2.24, 2.45) is 0 Å². The average molecular weight is 346 g/mol. The number of thiophene rings is 1. The molecule has 4 nitrogen and oxygen atoms in total. The topological polar surface area (TPSA) is 47.0 Å². The third-order valence-corrected chi connectivity index (χ3v) is 5.40. The van der Waals surface area contributed by atoms with Gasteiger partial charge in [-0.2, -0.15) is 0 Å². The maximum atomic E-state index is 13.1. The highest BCUT2D eigenvalue weighted by Gasteiger charge is 2.16. The van der Waals surface area contributed by atoms with Crippen LogP contribution in [0.1, 0.15) is 22.9 Å². The molecule has 0 fully saturated rings. The first-order valence-electron chi connectivity index (χ1n) is 7.40. The predicted molar refractivity (Wildman–Crippen MR) is 98.0 cm³/mol. The summed E-state index contributed by atoms with van der Waals surface area (Å²) in [6.07, 6.45) is 0.827. The summed E-state index contributed by atoms with van der Waals surface area (Å²) in [5, 5.41) is 0.749. The zero-order chi connectivity index (χ0) is 16.7. The summed E-state index contributed by atoms with van der Waals surface area (Å²) in [7, 11) is 1.63. The number of methoxy groups -OCH3 is 1. The number of nitrogens with zero attached hydrogens (tertiary/aromatic N) is 1. The molecule has 2 aromatic heterocycles. The lowest BCUT2D eigenvalue weighted by molar-refractivity contribution is 0.414. The van der Waals surface area contributed by atoms with E-state index in [4.69, 9.17) is 17.0 Å². The number of benzene rings is 1. The molecule has 0 amide bonds. The molecule has 0 bridgehead atoms. The Morgan fingerprint density at radius 2 is 2.09 bits per heavy atom. The molecule has 1 N–H and O–H groups in total. The first-order valence-corrected chi connectivity index (χ1v) is 8.62. The van der Waals surface area contributed by atoms with Crippen LogP contribution in [0.2, 0.25) is 0 Å². The summed E-state index contributed by atoms with van der Waals surface area (Å²) in [4.78, 5) is 18.3.